The molecule has 9 rings (SSSR count). The number of nitrogen functional groups attached to an aromatic ring is 1. The number of aryl methyl sites for hydroxylation is 3. The van der Waals surface area contributed by atoms with Gasteiger partial charge in [-0.05, 0) is 20.8 Å². The number of aromatic nitrogens is 10. The fraction of sp³-hybridized carbons (Fsp3) is 0.575. The van der Waals surface area contributed by atoms with Crippen molar-refractivity contribution in [2.24, 2.45) is 0 Å². The van der Waals surface area contributed by atoms with Crippen LogP contribution in [0, 0.1) is 20.8 Å². The number of imidazole rings is 1. The molecule has 3 unspecified atom stereocenters. The number of phosphoric acid groups is 4. The van der Waals surface area contributed by atoms with Crippen molar-refractivity contribution in [1.29, 1.82) is 0 Å². The molecular weight excluding hydrogens is 1220 g/mol. The average molecular weight is 1280 g/mol. The summed E-state index contributed by atoms with van der Waals surface area (Å²) in [6, 6.07) is 0. The van der Waals surface area contributed by atoms with E-state index in [4.69, 9.17) is 51.8 Å². The molecule has 4 saturated heterocycles. The Morgan fingerprint density at radius 1 is 0.560 bits per heavy atom. The van der Waals surface area contributed by atoms with Crippen LogP contribution in [-0.2, 0) is 68.9 Å². The number of hydrogen-bond donors (Lipinski definition) is 12. The van der Waals surface area contributed by atoms with Crippen molar-refractivity contribution in [2.45, 2.75) is 120 Å². The maximum atomic E-state index is 14.0. The van der Waals surface area contributed by atoms with Gasteiger partial charge in [0.25, 0.3) is 22.2 Å². The number of fused-ring (bicyclic) bond motifs is 1. The fourth-order valence-electron chi connectivity index (χ4n) is 9.30. The number of nitrogens with one attached hydrogen (secondary N) is 4. The van der Waals surface area contributed by atoms with Gasteiger partial charge in [0.05, 0.1) is 38.9 Å². The highest BCUT2D eigenvalue weighted by Crippen LogP contribution is 2.54. The Morgan fingerprint density at radius 2 is 0.976 bits per heavy atom. The minimum absolute atomic E-state index is 0.00518. The molecular formula is C40H53N11O29P4. The van der Waals surface area contributed by atoms with Crippen molar-refractivity contribution in [2.75, 3.05) is 32.2 Å². The minimum Gasteiger partial charge on any atom is -0.390 e. The van der Waals surface area contributed by atoms with Crippen LogP contribution in [0.2, 0.25) is 0 Å². The molecule has 5 aromatic heterocycles. The number of anilines is 1. The summed E-state index contributed by atoms with van der Waals surface area (Å²) in [4.78, 5) is 155. The standard InChI is InChI=1S/C40H53N11O29P4/c1-15-7-48(38(58)45-32(15)54)25-4-18(52)21(74-25)10-71-82(64,65)79-20-6-27(50-9-17(3)34(56)47-40(50)60)76-23(20)12-72-84(68,69)80-30-24(77-36(29(30)53)51-14-42-28-31(51)43-37(41)44-35(28)57)13-73-83(66,67)78-19-5-26(75-22(19)11-70-81(61,62)63)49-8-16(2)33(55)46-39(49)59/h7-9,14,18-27,29-30,36,52-53H,4-6,10-13H2,1-3H3,(H,64,65)(H,66,67)(H,68,69)(H,45,54,58)(H,46,55,59)(H,47,56,60)(H2,61,62,63)(H3,41,43,44,57)/t18-,19-,20-,21+,22+,23+,24+,25+,26+,27+,29+,30+,36+/m0/s1. The predicted molar refractivity (Wildman–Crippen MR) is 272 cm³/mol. The summed E-state index contributed by atoms with van der Waals surface area (Å²) in [6.45, 7) is -0.141. The molecule has 4 aliphatic rings. The quantitative estimate of drug-likeness (QED) is 0.0298. The Morgan fingerprint density at radius 3 is 1.45 bits per heavy atom. The molecule has 0 radical (unpaired) electrons. The summed E-state index contributed by atoms with van der Waals surface area (Å²) < 4.78 is 116. The lowest BCUT2D eigenvalue weighted by molar-refractivity contribution is -0.0633. The van der Waals surface area contributed by atoms with E-state index >= 15 is 0 Å². The van der Waals surface area contributed by atoms with Crippen molar-refractivity contribution in [3.8, 4) is 0 Å². The number of hydrogen-bond acceptors (Lipinski definition) is 27. The first-order chi connectivity index (χ1) is 39.2. The number of nitrogens with zero attached hydrogens (tertiary/aromatic N) is 6. The van der Waals surface area contributed by atoms with Crippen molar-refractivity contribution in [1.82, 2.24) is 48.2 Å². The molecule has 40 nitrogen and oxygen atoms in total. The molecule has 0 aliphatic carbocycles. The third kappa shape index (κ3) is 14.3. The van der Waals surface area contributed by atoms with Crippen LogP contribution in [0.15, 0.2) is 58.5 Å². The summed E-state index contributed by atoms with van der Waals surface area (Å²) in [5.41, 5.74) is -0.794. The molecule has 13 N–H and O–H groups in total. The van der Waals surface area contributed by atoms with E-state index in [-0.39, 0.29) is 34.3 Å². The SMILES string of the molecule is Cc1cn([C@H]2C[C@H](OP(=O)(O)OC[C@H]3O[C@@H](n4cnc5c(=O)[nH]c(N)nc54)[C@H](O)[C@@H]3OP(=O)(O)OC[C@H]3O[C@@H](n4cc(C)c(=O)[nH]c4=O)C[C@@H]3OP(=O)(O)OC[C@H]3O[C@@H](n4cc(C)c(=O)[nH]c4=O)C[C@@H]3O)[C@@H](COP(=O)(O)O)O2)c(=O)[nH]c1=O. The van der Waals surface area contributed by atoms with Gasteiger partial charge in [0.1, 0.15) is 67.5 Å². The van der Waals surface area contributed by atoms with Crippen LogP contribution in [0.5, 0.6) is 0 Å². The Labute approximate surface area is 465 Å². The van der Waals surface area contributed by atoms with Gasteiger partial charge >= 0.3 is 48.4 Å². The van der Waals surface area contributed by atoms with Crippen LogP contribution in [-0.4, -0.2) is 164 Å². The molecule has 462 valence electrons. The van der Waals surface area contributed by atoms with Crippen LogP contribution < -0.4 is 45.0 Å². The lowest BCUT2D eigenvalue weighted by atomic mass is 10.1. The summed E-state index contributed by atoms with van der Waals surface area (Å²) in [5.74, 6) is -0.444. The summed E-state index contributed by atoms with van der Waals surface area (Å²) >= 11 is 0. The maximum Gasteiger partial charge on any atom is 0.472 e. The summed E-state index contributed by atoms with van der Waals surface area (Å²) in [6.07, 6.45) is -18.8. The Kier molecular flexibility index (Phi) is 18.2. The summed E-state index contributed by atoms with van der Waals surface area (Å²) in [7, 11) is -21.8. The number of phosphoric ester groups is 4. The molecule has 5 aromatic rings. The topological polar surface area (TPSA) is 566 Å². The predicted octanol–water partition coefficient (Wildman–Crippen LogP) is -3.62. The first-order valence-corrected chi connectivity index (χ1v) is 30.6. The van der Waals surface area contributed by atoms with Crippen molar-refractivity contribution < 1.29 is 104 Å². The molecule has 0 aromatic carbocycles. The molecule has 4 fully saturated rings. The third-order valence-corrected chi connectivity index (χ3v) is 16.9. The molecule has 0 spiro atoms. The largest absolute Gasteiger partial charge is 0.472 e. The van der Waals surface area contributed by atoms with Gasteiger partial charge in [-0.15, -0.1) is 0 Å². The zero-order valence-corrected chi connectivity index (χ0v) is 47.0. The number of aliphatic hydroxyl groups excluding tert-OH is 2. The van der Waals surface area contributed by atoms with E-state index < -0.39 is 196 Å². The highest BCUT2D eigenvalue weighted by atomic mass is 31.2. The van der Waals surface area contributed by atoms with Crippen LogP contribution in [0.3, 0.4) is 0 Å². The van der Waals surface area contributed by atoms with Gasteiger partial charge in [0, 0.05) is 54.5 Å². The molecule has 84 heavy (non-hydrogen) atoms. The second-order valence-electron chi connectivity index (χ2n) is 19.4. The van der Waals surface area contributed by atoms with Gasteiger partial charge < -0.3 is 59.4 Å². The normalized spacial score (nSPS) is 29.5. The third-order valence-electron chi connectivity index (χ3n) is 13.4. The minimum atomic E-state index is -5.69. The molecule has 16 atom stereocenters. The van der Waals surface area contributed by atoms with Gasteiger partial charge in [-0.2, -0.15) is 4.98 Å². The average Bonchev–Trinajstić information content (AvgIpc) is 2.60. The van der Waals surface area contributed by atoms with E-state index in [9.17, 15) is 86.5 Å². The first-order valence-electron chi connectivity index (χ1n) is 24.6. The molecule has 0 saturated carbocycles. The number of aliphatic hydroxyl groups is 2. The number of H-pyrrole nitrogens is 4. The van der Waals surface area contributed by atoms with Crippen LogP contribution in [0.1, 0.15) is 60.9 Å². The Bertz CT molecular complexity index is 3950. The lowest BCUT2D eigenvalue weighted by Gasteiger charge is -2.26. The molecule has 0 amide bonds. The van der Waals surface area contributed by atoms with E-state index in [1.165, 1.54) is 27.0 Å². The first kappa shape index (κ1) is 62.9. The number of nitrogens with two attached hydrogens (primary N) is 1. The zero-order valence-electron chi connectivity index (χ0n) is 43.4. The second kappa shape index (κ2) is 24.3. The van der Waals surface area contributed by atoms with E-state index in [0.717, 1.165) is 37.0 Å². The lowest BCUT2D eigenvalue weighted by Crippen LogP contribution is -2.36. The summed E-state index contributed by atoms with van der Waals surface area (Å²) in [5, 5.41) is 22.5. The molecule has 0 bridgehead atoms. The van der Waals surface area contributed by atoms with Gasteiger partial charge in [0.2, 0.25) is 5.95 Å². The number of ether oxygens (including phenoxy) is 4. The van der Waals surface area contributed by atoms with Crippen LogP contribution in [0.4, 0.5) is 5.95 Å². The Hall–Kier alpha value is -5.61. The van der Waals surface area contributed by atoms with E-state index in [1.54, 1.807) is 0 Å². The van der Waals surface area contributed by atoms with Gasteiger partial charge in [-0.3, -0.25) is 89.0 Å². The highest BCUT2D eigenvalue weighted by Gasteiger charge is 2.52. The van der Waals surface area contributed by atoms with Crippen LogP contribution in [0.25, 0.3) is 11.2 Å². The highest BCUT2D eigenvalue weighted by molar-refractivity contribution is 7.48. The Balaban J connectivity index is 0.927. The van der Waals surface area contributed by atoms with Gasteiger partial charge in [-0.1, -0.05) is 0 Å². The fourth-order valence-corrected chi connectivity index (χ4v) is 12.5. The molecule has 4 aliphatic heterocycles. The van der Waals surface area contributed by atoms with Crippen molar-refractivity contribution >= 4 is 48.4 Å². The molecule has 44 heteroatoms. The smallest absolute Gasteiger partial charge is 0.390 e. The van der Waals surface area contributed by atoms with Gasteiger partial charge in [0.15, 0.2) is 17.4 Å². The van der Waals surface area contributed by atoms with Gasteiger partial charge in [-0.25, -0.2) is 37.6 Å². The van der Waals surface area contributed by atoms with Crippen molar-refractivity contribution in [3.63, 3.8) is 0 Å². The number of rotatable bonds is 22. The maximum absolute atomic E-state index is 14.0. The monoisotopic (exact) mass is 1280 g/mol. The van der Waals surface area contributed by atoms with E-state index in [1.807, 2.05) is 4.98 Å². The zero-order chi connectivity index (χ0) is 61.1. The number of aromatic amines is 4. The second-order valence-corrected chi connectivity index (χ2v) is 24.8. The van der Waals surface area contributed by atoms with E-state index in [2.05, 4.69) is 29.4 Å². The van der Waals surface area contributed by atoms with Crippen LogP contribution >= 0.6 is 31.3 Å². The van der Waals surface area contributed by atoms with Crippen molar-refractivity contribution in [3.05, 3.63) is 114 Å². The van der Waals surface area contributed by atoms with E-state index in [0.29, 0.717) is 0 Å². The molecule has 9 heterocycles.